The Bertz CT molecular complexity index is 144. The Morgan fingerprint density at radius 3 is 2.54 bits per heavy atom. The molecule has 0 amide bonds. The summed E-state index contributed by atoms with van der Waals surface area (Å²) in [6.45, 7) is 5.97. The van der Waals surface area contributed by atoms with Crippen LogP contribution in [-0.2, 0) is 9.47 Å². The van der Waals surface area contributed by atoms with Crippen molar-refractivity contribution in [3.8, 4) is 0 Å². The van der Waals surface area contributed by atoms with E-state index < -0.39 is 0 Å². The maximum Gasteiger partial charge on any atom is 0.0826 e. The normalized spacial score (nSPS) is 24.2. The Morgan fingerprint density at radius 2 is 2.08 bits per heavy atom. The summed E-state index contributed by atoms with van der Waals surface area (Å²) >= 11 is 3.55. The second kappa shape index (κ2) is 5.32. The van der Waals surface area contributed by atoms with Gasteiger partial charge in [0, 0.05) is 31.4 Å². The van der Waals surface area contributed by atoms with Crippen molar-refractivity contribution in [2.45, 2.75) is 44.8 Å². The zero-order valence-electron chi connectivity index (χ0n) is 8.51. The average molecular weight is 251 g/mol. The topological polar surface area (TPSA) is 18.5 Å². The van der Waals surface area contributed by atoms with E-state index in [1.165, 1.54) is 0 Å². The van der Waals surface area contributed by atoms with Crippen LogP contribution in [0.15, 0.2) is 0 Å². The molecule has 3 heteroatoms. The summed E-state index contributed by atoms with van der Waals surface area (Å²) in [4.78, 5) is 0. The number of rotatable bonds is 4. The number of alkyl halides is 1. The molecule has 1 aliphatic heterocycles. The van der Waals surface area contributed by atoms with Crippen LogP contribution >= 0.6 is 15.9 Å². The summed E-state index contributed by atoms with van der Waals surface area (Å²) in [5.74, 6) is 0. The van der Waals surface area contributed by atoms with Gasteiger partial charge in [0.2, 0.25) is 0 Å². The van der Waals surface area contributed by atoms with Gasteiger partial charge in [-0.15, -0.1) is 0 Å². The molecule has 78 valence electrons. The smallest absolute Gasteiger partial charge is 0.0826 e. The molecule has 1 atom stereocenters. The van der Waals surface area contributed by atoms with Crippen molar-refractivity contribution in [1.82, 2.24) is 0 Å². The summed E-state index contributed by atoms with van der Waals surface area (Å²) < 4.78 is 11.4. The molecule has 0 aromatic rings. The van der Waals surface area contributed by atoms with Crippen LogP contribution in [0.3, 0.4) is 0 Å². The highest BCUT2D eigenvalue weighted by Gasteiger charge is 2.33. The van der Waals surface area contributed by atoms with Gasteiger partial charge in [0.1, 0.15) is 0 Å². The monoisotopic (exact) mass is 250 g/mol. The summed E-state index contributed by atoms with van der Waals surface area (Å²) in [5, 5.41) is 0.924. The molecule has 1 heterocycles. The van der Waals surface area contributed by atoms with E-state index in [-0.39, 0.29) is 5.60 Å². The van der Waals surface area contributed by atoms with Crippen LogP contribution in [0.4, 0.5) is 0 Å². The fourth-order valence-electron chi connectivity index (χ4n) is 1.54. The number of ether oxygens (including phenoxy) is 2. The largest absolute Gasteiger partial charge is 0.381 e. The van der Waals surface area contributed by atoms with Crippen molar-refractivity contribution in [3.05, 3.63) is 0 Å². The van der Waals surface area contributed by atoms with E-state index in [9.17, 15) is 0 Å². The molecule has 0 spiro atoms. The molecular weight excluding hydrogens is 232 g/mol. The Morgan fingerprint density at radius 1 is 1.46 bits per heavy atom. The van der Waals surface area contributed by atoms with Gasteiger partial charge in [0.05, 0.1) is 11.7 Å². The maximum atomic E-state index is 6.05. The van der Waals surface area contributed by atoms with Crippen LogP contribution < -0.4 is 0 Å². The molecule has 0 saturated carbocycles. The Balaban J connectivity index is 2.47. The first-order valence-electron chi connectivity index (χ1n) is 5.04. The Hall–Kier alpha value is 0.400. The van der Waals surface area contributed by atoms with Gasteiger partial charge in [-0.3, -0.25) is 0 Å². The molecule has 1 saturated heterocycles. The highest BCUT2D eigenvalue weighted by molar-refractivity contribution is 9.09. The molecule has 0 aliphatic carbocycles. The highest BCUT2D eigenvalue weighted by Crippen LogP contribution is 2.29. The fraction of sp³-hybridized carbons (Fsp3) is 1.00. The van der Waals surface area contributed by atoms with Crippen molar-refractivity contribution >= 4 is 15.9 Å². The van der Waals surface area contributed by atoms with Gasteiger partial charge in [-0.25, -0.2) is 0 Å². The van der Waals surface area contributed by atoms with E-state index in [1.54, 1.807) is 0 Å². The molecule has 0 aromatic heterocycles. The predicted molar refractivity (Wildman–Crippen MR) is 57.4 cm³/mol. The summed E-state index contributed by atoms with van der Waals surface area (Å²) in [7, 11) is 0. The minimum atomic E-state index is 0.0354. The van der Waals surface area contributed by atoms with Gasteiger partial charge in [-0.2, -0.15) is 0 Å². The molecule has 1 rings (SSSR count). The van der Waals surface area contributed by atoms with Gasteiger partial charge in [0.25, 0.3) is 0 Å². The van der Waals surface area contributed by atoms with Crippen molar-refractivity contribution in [3.63, 3.8) is 0 Å². The van der Waals surface area contributed by atoms with Crippen molar-refractivity contribution < 1.29 is 9.47 Å². The molecule has 2 nitrogen and oxygen atoms in total. The number of hydrogen-bond acceptors (Lipinski definition) is 2. The van der Waals surface area contributed by atoms with Crippen molar-refractivity contribution in [2.24, 2.45) is 0 Å². The number of halogens is 1. The van der Waals surface area contributed by atoms with Gasteiger partial charge in [-0.05, 0) is 13.3 Å². The van der Waals surface area contributed by atoms with Gasteiger partial charge in [-0.1, -0.05) is 22.9 Å². The number of hydrogen-bond donors (Lipinski definition) is 0. The van der Waals surface area contributed by atoms with Crippen LogP contribution in [0.5, 0.6) is 0 Å². The average Bonchev–Trinajstić information content (AvgIpc) is 2.19. The first-order chi connectivity index (χ1) is 6.22. The lowest BCUT2D eigenvalue weighted by molar-refractivity contribution is -0.124. The van der Waals surface area contributed by atoms with Crippen LogP contribution in [-0.4, -0.2) is 30.2 Å². The van der Waals surface area contributed by atoms with Crippen LogP contribution in [0, 0.1) is 0 Å². The lowest BCUT2D eigenvalue weighted by atomic mass is 9.96. The molecule has 1 fully saturated rings. The van der Waals surface area contributed by atoms with Crippen LogP contribution in [0.25, 0.3) is 0 Å². The fourth-order valence-corrected chi connectivity index (χ4v) is 2.23. The first kappa shape index (κ1) is 11.5. The minimum absolute atomic E-state index is 0.0354. The Kier molecular flexibility index (Phi) is 4.70. The zero-order valence-corrected chi connectivity index (χ0v) is 10.1. The molecule has 0 bridgehead atoms. The van der Waals surface area contributed by atoms with E-state index in [2.05, 4.69) is 29.8 Å². The predicted octanol–water partition coefficient (Wildman–Crippen LogP) is 2.75. The molecule has 1 aliphatic rings. The van der Waals surface area contributed by atoms with E-state index >= 15 is 0 Å². The van der Waals surface area contributed by atoms with Gasteiger partial charge in [0.15, 0.2) is 0 Å². The maximum absolute atomic E-state index is 6.05. The zero-order chi connectivity index (χ0) is 9.73. The SMILES string of the molecule is CCC(C)OC1(CBr)CCOCC1. The lowest BCUT2D eigenvalue weighted by Crippen LogP contribution is -2.42. The second-order valence-electron chi connectivity index (χ2n) is 3.77. The quantitative estimate of drug-likeness (QED) is 0.715. The Labute approximate surface area is 89.1 Å². The molecule has 13 heavy (non-hydrogen) atoms. The van der Waals surface area contributed by atoms with Crippen molar-refractivity contribution in [2.75, 3.05) is 18.5 Å². The minimum Gasteiger partial charge on any atom is -0.381 e. The lowest BCUT2D eigenvalue weighted by Gasteiger charge is -2.37. The summed E-state index contributed by atoms with van der Waals surface area (Å²) in [6, 6.07) is 0. The van der Waals surface area contributed by atoms with Gasteiger partial charge >= 0.3 is 0 Å². The first-order valence-corrected chi connectivity index (χ1v) is 6.16. The standard InChI is InChI=1S/C10H19BrO2/c1-3-9(2)13-10(8-11)4-6-12-7-5-10/h9H,3-8H2,1-2H3. The summed E-state index contributed by atoms with van der Waals surface area (Å²) in [6.07, 6.45) is 3.47. The second-order valence-corrected chi connectivity index (χ2v) is 4.33. The van der Waals surface area contributed by atoms with Crippen LogP contribution in [0.2, 0.25) is 0 Å². The van der Waals surface area contributed by atoms with E-state index in [0.717, 1.165) is 37.8 Å². The molecule has 0 N–H and O–H groups in total. The molecule has 0 radical (unpaired) electrons. The van der Waals surface area contributed by atoms with Crippen molar-refractivity contribution in [1.29, 1.82) is 0 Å². The van der Waals surface area contributed by atoms with Crippen LogP contribution in [0.1, 0.15) is 33.1 Å². The molecular formula is C10H19BrO2. The third-order valence-corrected chi connectivity index (χ3v) is 3.70. The van der Waals surface area contributed by atoms with Gasteiger partial charge < -0.3 is 9.47 Å². The molecule has 1 unspecified atom stereocenters. The molecule has 0 aromatic carbocycles. The summed E-state index contributed by atoms with van der Waals surface area (Å²) in [5.41, 5.74) is 0.0354. The third-order valence-electron chi connectivity index (χ3n) is 2.67. The van der Waals surface area contributed by atoms with E-state index in [0.29, 0.717) is 6.10 Å². The van der Waals surface area contributed by atoms with E-state index in [1.807, 2.05) is 0 Å². The van der Waals surface area contributed by atoms with E-state index in [4.69, 9.17) is 9.47 Å². The third kappa shape index (κ3) is 3.22. The highest BCUT2D eigenvalue weighted by atomic mass is 79.9.